The number of furan rings is 1. The van der Waals surface area contributed by atoms with Crippen LogP contribution < -0.4 is 10.6 Å². The minimum absolute atomic E-state index is 0.201. The first kappa shape index (κ1) is 18.5. The Kier molecular flexibility index (Phi) is 5.04. The summed E-state index contributed by atoms with van der Waals surface area (Å²) in [5, 5.41) is 6.64. The van der Waals surface area contributed by atoms with Crippen molar-refractivity contribution in [2.24, 2.45) is 0 Å². The van der Waals surface area contributed by atoms with Crippen LogP contribution in [0, 0.1) is 0 Å². The molecule has 6 nitrogen and oxygen atoms in total. The standard InChI is InChI=1S/C19H11Cl2N3O3S/c20-10-3-5-12(13(21)8-10)17(25)22-11-4-6-14-16(9-11)28-19(23-14)24-18(26)15-2-1-7-27-15/h1-9H,(H,22,25)(H,23,24,26). The van der Waals surface area contributed by atoms with Crippen LogP contribution >= 0.6 is 34.5 Å². The number of aromatic nitrogens is 1. The third-order valence-electron chi connectivity index (χ3n) is 3.79. The van der Waals surface area contributed by atoms with Gasteiger partial charge in [0.2, 0.25) is 0 Å². The van der Waals surface area contributed by atoms with Gasteiger partial charge in [-0.05, 0) is 48.5 Å². The van der Waals surface area contributed by atoms with Gasteiger partial charge >= 0.3 is 0 Å². The average molecular weight is 432 g/mol. The molecular weight excluding hydrogens is 421 g/mol. The average Bonchev–Trinajstić information content (AvgIpc) is 3.30. The number of benzene rings is 2. The number of carbonyl (C=O) groups is 2. The minimum atomic E-state index is -0.380. The fraction of sp³-hybridized carbons (Fsp3) is 0. The molecule has 4 rings (SSSR count). The zero-order valence-electron chi connectivity index (χ0n) is 14.0. The highest BCUT2D eigenvalue weighted by Gasteiger charge is 2.14. The number of amides is 2. The number of nitrogens with one attached hydrogen (secondary N) is 2. The minimum Gasteiger partial charge on any atom is -0.459 e. The third-order valence-corrected chi connectivity index (χ3v) is 5.27. The van der Waals surface area contributed by atoms with Crippen molar-refractivity contribution in [3.05, 3.63) is 76.2 Å². The van der Waals surface area contributed by atoms with E-state index in [9.17, 15) is 9.59 Å². The van der Waals surface area contributed by atoms with Gasteiger partial charge in [-0.3, -0.25) is 14.9 Å². The molecule has 2 aromatic heterocycles. The molecule has 2 N–H and O–H groups in total. The Morgan fingerprint density at radius 3 is 2.61 bits per heavy atom. The number of carbonyl (C=O) groups excluding carboxylic acids is 2. The summed E-state index contributed by atoms with van der Waals surface area (Å²) in [4.78, 5) is 28.9. The van der Waals surface area contributed by atoms with E-state index in [4.69, 9.17) is 27.6 Å². The molecule has 140 valence electrons. The molecule has 0 saturated carbocycles. The quantitative estimate of drug-likeness (QED) is 0.433. The molecule has 0 unspecified atom stereocenters. The van der Waals surface area contributed by atoms with Crippen LogP contribution in [0.5, 0.6) is 0 Å². The summed E-state index contributed by atoms with van der Waals surface area (Å²) in [6.45, 7) is 0. The van der Waals surface area contributed by atoms with E-state index in [1.807, 2.05) is 0 Å². The number of nitrogens with zero attached hydrogens (tertiary/aromatic N) is 1. The molecule has 0 fully saturated rings. The Morgan fingerprint density at radius 1 is 1.00 bits per heavy atom. The molecular formula is C19H11Cl2N3O3S. The summed E-state index contributed by atoms with van der Waals surface area (Å²) in [5.74, 6) is -0.529. The largest absolute Gasteiger partial charge is 0.459 e. The molecule has 9 heteroatoms. The Balaban J connectivity index is 1.53. The molecule has 4 aromatic rings. The highest BCUT2D eigenvalue weighted by Crippen LogP contribution is 2.29. The van der Waals surface area contributed by atoms with Gasteiger partial charge in [-0.15, -0.1) is 0 Å². The fourth-order valence-corrected chi connectivity index (χ4v) is 3.89. The van der Waals surface area contributed by atoms with Crippen LogP contribution in [0.3, 0.4) is 0 Å². The van der Waals surface area contributed by atoms with Gasteiger partial charge in [0.25, 0.3) is 11.8 Å². The van der Waals surface area contributed by atoms with Crippen LogP contribution in [-0.2, 0) is 0 Å². The predicted octanol–water partition coefficient (Wildman–Crippen LogP) is 5.70. The van der Waals surface area contributed by atoms with Crippen molar-refractivity contribution in [2.45, 2.75) is 0 Å². The Bertz CT molecular complexity index is 1190. The number of thiazole rings is 1. The summed E-state index contributed by atoms with van der Waals surface area (Å²) in [5.41, 5.74) is 1.60. The highest BCUT2D eigenvalue weighted by atomic mass is 35.5. The molecule has 0 aliphatic heterocycles. The maximum absolute atomic E-state index is 12.4. The normalized spacial score (nSPS) is 10.8. The van der Waals surface area contributed by atoms with Gasteiger partial charge in [-0.2, -0.15) is 0 Å². The van der Waals surface area contributed by atoms with Crippen molar-refractivity contribution in [1.82, 2.24) is 4.98 Å². The summed E-state index contributed by atoms with van der Waals surface area (Å²) in [6.07, 6.45) is 1.43. The van der Waals surface area contributed by atoms with Crippen LogP contribution in [0.25, 0.3) is 10.2 Å². The monoisotopic (exact) mass is 431 g/mol. The molecule has 0 spiro atoms. The second-order valence-electron chi connectivity index (χ2n) is 5.71. The SMILES string of the molecule is O=C(Nc1nc2ccc(NC(=O)c3ccc(Cl)cc3Cl)cc2s1)c1ccco1. The van der Waals surface area contributed by atoms with Crippen LogP contribution in [0.15, 0.2) is 59.2 Å². The van der Waals surface area contributed by atoms with Crippen molar-refractivity contribution >= 4 is 67.4 Å². The number of fused-ring (bicyclic) bond motifs is 1. The molecule has 0 aliphatic rings. The first-order valence-electron chi connectivity index (χ1n) is 8.01. The zero-order chi connectivity index (χ0) is 19.7. The van der Waals surface area contributed by atoms with Crippen LogP contribution in [0.1, 0.15) is 20.9 Å². The first-order chi connectivity index (χ1) is 13.5. The molecule has 2 aromatic carbocycles. The summed E-state index contributed by atoms with van der Waals surface area (Å²) >= 11 is 13.2. The van der Waals surface area contributed by atoms with Gasteiger partial charge in [0.05, 0.1) is 27.1 Å². The van der Waals surface area contributed by atoms with E-state index in [2.05, 4.69) is 15.6 Å². The van der Waals surface area contributed by atoms with E-state index in [-0.39, 0.29) is 22.6 Å². The molecule has 2 heterocycles. The summed E-state index contributed by atoms with van der Waals surface area (Å²) < 4.78 is 5.86. The van der Waals surface area contributed by atoms with Gasteiger partial charge in [0.1, 0.15) is 0 Å². The predicted molar refractivity (Wildman–Crippen MR) is 111 cm³/mol. The maximum Gasteiger partial charge on any atom is 0.293 e. The molecule has 28 heavy (non-hydrogen) atoms. The van der Waals surface area contributed by atoms with Crippen LogP contribution in [0.4, 0.5) is 10.8 Å². The van der Waals surface area contributed by atoms with E-state index in [0.717, 1.165) is 4.70 Å². The Labute approximate surface area is 173 Å². The van der Waals surface area contributed by atoms with Gasteiger partial charge in [-0.1, -0.05) is 34.5 Å². The summed E-state index contributed by atoms with van der Waals surface area (Å²) in [7, 11) is 0. The van der Waals surface area contributed by atoms with Crippen molar-refractivity contribution in [1.29, 1.82) is 0 Å². The molecule has 0 radical (unpaired) electrons. The lowest BCUT2D eigenvalue weighted by atomic mass is 10.2. The lowest BCUT2D eigenvalue weighted by Gasteiger charge is -2.07. The van der Waals surface area contributed by atoms with Gasteiger partial charge in [0.15, 0.2) is 10.9 Å². The van der Waals surface area contributed by atoms with Crippen molar-refractivity contribution < 1.29 is 14.0 Å². The number of anilines is 2. The van der Waals surface area contributed by atoms with E-state index in [1.165, 1.54) is 23.7 Å². The van der Waals surface area contributed by atoms with Gasteiger partial charge < -0.3 is 9.73 Å². The zero-order valence-corrected chi connectivity index (χ0v) is 16.4. The highest BCUT2D eigenvalue weighted by molar-refractivity contribution is 7.22. The van der Waals surface area contributed by atoms with E-state index < -0.39 is 0 Å². The Morgan fingerprint density at radius 2 is 1.86 bits per heavy atom. The van der Waals surface area contributed by atoms with E-state index >= 15 is 0 Å². The number of rotatable bonds is 4. The first-order valence-corrected chi connectivity index (χ1v) is 9.59. The van der Waals surface area contributed by atoms with Crippen molar-refractivity contribution in [3.8, 4) is 0 Å². The molecule has 0 bridgehead atoms. The van der Waals surface area contributed by atoms with Gasteiger partial charge in [-0.25, -0.2) is 4.98 Å². The topological polar surface area (TPSA) is 84.2 Å². The van der Waals surface area contributed by atoms with E-state index in [0.29, 0.717) is 26.9 Å². The van der Waals surface area contributed by atoms with E-state index in [1.54, 1.807) is 42.5 Å². The molecule has 2 amide bonds. The second kappa shape index (κ2) is 7.63. The molecule has 0 aliphatic carbocycles. The number of hydrogen-bond acceptors (Lipinski definition) is 5. The summed E-state index contributed by atoms with van der Waals surface area (Å²) in [6, 6.07) is 13.1. The van der Waals surface area contributed by atoms with Crippen LogP contribution in [0.2, 0.25) is 10.0 Å². The maximum atomic E-state index is 12.4. The lowest BCUT2D eigenvalue weighted by molar-refractivity contribution is 0.0994. The Hall–Kier alpha value is -2.87. The number of halogens is 2. The van der Waals surface area contributed by atoms with Crippen molar-refractivity contribution in [3.63, 3.8) is 0 Å². The molecule has 0 saturated heterocycles. The third kappa shape index (κ3) is 3.87. The van der Waals surface area contributed by atoms with Crippen molar-refractivity contribution in [2.75, 3.05) is 10.6 Å². The lowest BCUT2D eigenvalue weighted by Crippen LogP contribution is -2.12. The smallest absolute Gasteiger partial charge is 0.293 e. The molecule has 0 atom stereocenters. The van der Waals surface area contributed by atoms with Gasteiger partial charge in [0, 0.05) is 10.7 Å². The number of hydrogen-bond donors (Lipinski definition) is 2. The van der Waals surface area contributed by atoms with Crippen LogP contribution in [-0.4, -0.2) is 16.8 Å². The second-order valence-corrected chi connectivity index (χ2v) is 7.59. The fourth-order valence-electron chi connectivity index (χ4n) is 2.49.